The number of rotatable bonds is 6. The van der Waals surface area contributed by atoms with Crippen molar-refractivity contribution in [2.24, 2.45) is 0 Å². The predicted molar refractivity (Wildman–Crippen MR) is 135 cm³/mol. The molecule has 1 aliphatic heterocycles. The zero-order valence-electron chi connectivity index (χ0n) is 20.3. The van der Waals surface area contributed by atoms with Crippen LogP contribution in [0.3, 0.4) is 0 Å². The number of para-hydroxylation sites is 1. The maximum Gasteiger partial charge on any atom is 0.255 e. The fourth-order valence-electron chi connectivity index (χ4n) is 4.43. The lowest BCUT2D eigenvalue weighted by atomic mass is 10.2. The van der Waals surface area contributed by atoms with Gasteiger partial charge in [-0.05, 0) is 62.7 Å². The van der Waals surface area contributed by atoms with E-state index >= 15 is 0 Å². The van der Waals surface area contributed by atoms with Gasteiger partial charge >= 0.3 is 0 Å². The van der Waals surface area contributed by atoms with Gasteiger partial charge in [0.05, 0.1) is 25.3 Å². The molecule has 0 saturated carbocycles. The van der Waals surface area contributed by atoms with Crippen molar-refractivity contribution >= 4 is 23.2 Å². The van der Waals surface area contributed by atoms with Gasteiger partial charge in [0.1, 0.15) is 0 Å². The van der Waals surface area contributed by atoms with Crippen molar-refractivity contribution in [1.29, 1.82) is 0 Å². The van der Waals surface area contributed by atoms with Crippen molar-refractivity contribution in [3.05, 3.63) is 77.1 Å². The molecule has 2 aromatic carbocycles. The first-order valence-electron chi connectivity index (χ1n) is 11.6. The summed E-state index contributed by atoms with van der Waals surface area (Å²) in [6, 6.07) is 17.8. The number of nitrogens with one attached hydrogen (secondary N) is 1. The van der Waals surface area contributed by atoms with E-state index in [0.717, 1.165) is 54.6 Å². The molecule has 4 rings (SSSR count). The number of benzene rings is 2. The van der Waals surface area contributed by atoms with Gasteiger partial charge in [0.15, 0.2) is 0 Å². The minimum Gasteiger partial charge on any atom is -0.378 e. The van der Waals surface area contributed by atoms with Crippen LogP contribution in [0.2, 0.25) is 0 Å². The maximum atomic E-state index is 13.2. The van der Waals surface area contributed by atoms with Crippen LogP contribution < -0.4 is 10.2 Å². The normalized spacial score (nSPS) is 13.6. The molecular weight excluding hydrogens is 428 g/mol. The Bertz CT molecular complexity index is 1180. The second kappa shape index (κ2) is 10.1. The molecule has 0 aliphatic carbocycles. The van der Waals surface area contributed by atoms with E-state index in [2.05, 4.69) is 27.8 Å². The standard InChI is InChI=1S/C27H32N4O3/c1-19-7-5-6-8-25(19)31-20(2)17-24(21(31)3)27(33)29(4)18-26(32)28-22-9-11-23(12-10-22)30-13-15-34-16-14-30/h5-12,17H,13-16,18H2,1-4H3,(H,28,32). The number of amides is 2. The molecular formula is C27H32N4O3. The third-order valence-electron chi connectivity index (χ3n) is 6.27. The Balaban J connectivity index is 1.40. The van der Waals surface area contributed by atoms with E-state index in [9.17, 15) is 9.59 Å². The molecule has 0 unspecified atom stereocenters. The molecule has 2 heterocycles. The Labute approximate surface area is 200 Å². The van der Waals surface area contributed by atoms with Gasteiger partial charge in [-0.25, -0.2) is 0 Å². The van der Waals surface area contributed by atoms with E-state index in [4.69, 9.17) is 4.74 Å². The lowest BCUT2D eigenvalue weighted by Gasteiger charge is -2.28. The highest BCUT2D eigenvalue weighted by molar-refractivity contribution is 6.00. The molecule has 7 heteroatoms. The smallest absolute Gasteiger partial charge is 0.255 e. The molecule has 0 bridgehead atoms. The van der Waals surface area contributed by atoms with Crippen molar-refractivity contribution in [3.8, 4) is 5.69 Å². The number of carbonyl (C=O) groups excluding carboxylic acids is 2. The third kappa shape index (κ3) is 4.99. The van der Waals surface area contributed by atoms with Crippen molar-refractivity contribution in [2.45, 2.75) is 20.8 Å². The van der Waals surface area contributed by atoms with Crippen LogP contribution >= 0.6 is 0 Å². The SMILES string of the molecule is Cc1ccccc1-n1c(C)cc(C(=O)N(C)CC(=O)Nc2ccc(N3CCOCC3)cc2)c1C. The van der Waals surface area contributed by atoms with E-state index in [1.165, 1.54) is 4.90 Å². The summed E-state index contributed by atoms with van der Waals surface area (Å²) in [6.07, 6.45) is 0. The van der Waals surface area contributed by atoms with Gasteiger partial charge in [0, 0.05) is 48.6 Å². The first-order chi connectivity index (χ1) is 16.3. The summed E-state index contributed by atoms with van der Waals surface area (Å²) >= 11 is 0. The summed E-state index contributed by atoms with van der Waals surface area (Å²) in [7, 11) is 1.66. The molecule has 178 valence electrons. The Morgan fingerprint density at radius 1 is 1.00 bits per heavy atom. The molecule has 34 heavy (non-hydrogen) atoms. The monoisotopic (exact) mass is 460 g/mol. The second-order valence-electron chi connectivity index (χ2n) is 8.76. The Morgan fingerprint density at radius 3 is 2.35 bits per heavy atom. The predicted octanol–water partition coefficient (Wildman–Crippen LogP) is 3.95. The van der Waals surface area contributed by atoms with Crippen LogP contribution in [-0.2, 0) is 9.53 Å². The minimum atomic E-state index is -0.234. The van der Waals surface area contributed by atoms with Crippen molar-refractivity contribution in [2.75, 3.05) is 50.1 Å². The molecule has 0 spiro atoms. The van der Waals surface area contributed by atoms with Crippen LogP contribution in [0.1, 0.15) is 27.3 Å². The zero-order chi connectivity index (χ0) is 24.2. The van der Waals surface area contributed by atoms with E-state index in [1.807, 2.05) is 62.4 Å². The topological polar surface area (TPSA) is 66.8 Å². The molecule has 7 nitrogen and oxygen atoms in total. The molecule has 0 atom stereocenters. The third-order valence-corrected chi connectivity index (χ3v) is 6.27. The number of carbonyl (C=O) groups is 2. The zero-order valence-corrected chi connectivity index (χ0v) is 20.3. The van der Waals surface area contributed by atoms with Crippen LogP contribution in [0.15, 0.2) is 54.6 Å². The number of hydrogen-bond acceptors (Lipinski definition) is 4. The average molecular weight is 461 g/mol. The van der Waals surface area contributed by atoms with Gasteiger partial charge in [0.2, 0.25) is 5.91 Å². The highest BCUT2D eigenvalue weighted by atomic mass is 16.5. The molecule has 1 aliphatic rings. The molecule has 1 aromatic heterocycles. The van der Waals surface area contributed by atoms with E-state index in [1.54, 1.807) is 7.05 Å². The summed E-state index contributed by atoms with van der Waals surface area (Å²) in [6.45, 7) is 9.14. The van der Waals surface area contributed by atoms with Crippen molar-refractivity contribution in [1.82, 2.24) is 9.47 Å². The molecule has 1 saturated heterocycles. The number of hydrogen-bond donors (Lipinski definition) is 1. The molecule has 0 radical (unpaired) electrons. The number of likely N-dealkylation sites (N-methyl/N-ethyl adjacent to an activating group) is 1. The lowest BCUT2D eigenvalue weighted by Crippen LogP contribution is -2.36. The van der Waals surface area contributed by atoms with Crippen molar-refractivity contribution < 1.29 is 14.3 Å². The van der Waals surface area contributed by atoms with Crippen LogP contribution in [0.5, 0.6) is 0 Å². The van der Waals surface area contributed by atoms with Gasteiger partial charge in [-0.3, -0.25) is 9.59 Å². The van der Waals surface area contributed by atoms with E-state index in [0.29, 0.717) is 11.3 Å². The summed E-state index contributed by atoms with van der Waals surface area (Å²) in [5.74, 6) is -0.409. The van der Waals surface area contributed by atoms with Crippen LogP contribution in [0, 0.1) is 20.8 Å². The Kier molecular flexibility index (Phi) is 7.03. The quantitative estimate of drug-likeness (QED) is 0.605. The lowest BCUT2D eigenvalue weighted by molar-refractivity contribution is -0.116. The first-order valence-corrected chi connectivity index (χ1v) is 11.6. The van der Waals surface area contributed by atoms with E-state index < -0.39 is 0 Å². The van der Waals surface area contributed by atoms with Crippen LogP contribution in [0.25, 0.3) is 5.69 Å². The van der Waals surface area contributed by atoms with Gasteiger partial charge in [-0.1, -0.05) is 18.2 Å². The fraction of sp³-hybridized carbons (Fsp3) is 0.333. The second-order valence-corrected chi connectivity index (χ2v) is 8.76. The number of aromatic nitrogens is 1. The van der Waals surface area contributed by atoms with Crippen LogP contribution in [0.4, 0.5) is 11.4 Å². The highest BCUT2D eigenvalue weighted by Crippen LogP contribution is 2.24. The number of nitrogens with zero attached hydrogens (tertiary/aromatic N) is 3. The average Bonchev–Trinajstić information content (AvgIpc) is 3.13. The largest absolute Gasteiger partial charge is 0.378 e. The van der Waals surface area contributed by atoms with Gasteiger partial charge in [0.25, 0.3) is 5.91 Å². The van der Waals surface area contributed by atoms with Gasteiger partial charge in [-0.15, -0.1) is 0 Å². The Morgan fingerprint density at radius 2 is 1.68 bits per heavy atom. The number of anilines is 2. The number of ether oxygens (including phenoxy) is 1. The van der Waals surface area contributed by atoms with Gasteiger partial charge < -0.3 is 24.4 Å². The Hall–Kier alpha value is -3.58. The summed E-state index contributed by atoms with van der Waals surface area (Å²) < 4.78 is 7.49. The summed E-state index contributed by atoms with van der Waals surface area (Å²) in [5.41, 5.74) is 6.45. The first kappa shape index (κ1) is 23.6. The maximum absolute atomic E-state index is 13.2. The van der Waals surface area contributed by atoms with Crippen LogP contribution in [-0.4, -0.2) is 61.2 Å². The molecule has 1 fully saturated rings. The minimum absolute atomic E-state index is 0.0297. The fourth-order valence-corrected chi connectivity index (χ4v) is 4.43. The number of morpholine rings is 1. The molecule has 3 aromatic rings. The molecule has 2 amide bonds. The van der Waals surface area contributed by atoms with Gasteiger partial charge in [-0.2, -0.15) is 0 Å². The summed E-state index contributed by atoms with van der Waals surface area (Å²) in [5, 5.41) is 2.89. The summed E-state index contributed by atoms with van der Waals surface area (Å²) in [4.78, 5) is 29.5. The molecule has 1 N–H and O–H groups in total. The highest BCUT2D eigenvalue weighted by Gasteiger charge is 2.22. The van der Waals surface area contributed by atoms with E-state index in [-0.39, 0.29) is 18.4 Å². The van der Waals surface area contributed by atoms with Crippen molar-refractivity contribution in [3.63, 3.8) is 0 Å². The number of aryl methyl sites for hydroxylation is 2.